The van der Waals surface area contributed by atoms with E-state index in [0.29, 0.717) is 30.2 Å². The van der Waals surface area contributed by atoms with Gasteiger partial charge >= 0.3 is 5.97 Å². The average Bonchev–Trinajstić information content (AvgIpc) is 3.28. The van der Waals surface area contributed by atoms with Crippen molar-refractivity contribution < 1.29 is 18.7 Å². The minimum atomic E-state index is -0.371. The first kappa shape index (κ1) is 19.5. The molecule has 146 valence electrons. The molecule has 0 spiro atoms. The Hall–Kier alpha value is -3.28. The number of benzene rings is 1. The maximum absolute atomic E-state index is 12.6. The fourth-order valence-electron chi connectivity index (χ4n) is 3.36. The number of nitrogens with one attached hydrogen (secondary N) is 1. The lowest BCUT2D eigenvalue weighted by molar-refractivity contribution is -0.121. The molecule has 0 bridgehead atoms. The molecular formula is C22H24N2O4. The Labute approximate surface area is 164 Å². The highest BCUT2D eigenvalue weighted by Gasteiger charge is 2.25. The zero-order chi connectivity index (χ0) is 20.1. The van der Waals surface area contributed by atoms with Crippen LogP contribution in [0.2, 0.25) is 0 Å². The van der Waals surface area contributed by atoms with Crippen molar-refractivity contribution in [2.45, 2.75) is 33.9 Å². The Morgan fingerprint density at radius 2 is 1.86 bits per heavy atom. The zero-order valence-corrected chi connectivity index (χ0v) is 16.3. The van der Waals surface area contributed by atoms with Gasteiger partial charge in [-0.15, -0.1) is 0 Å². The van der Waals surface area contributed by atoms with Gasteiger partial charge in [0.25, 0.3) is 0 Å². The predicted octanol–water partition coefficient (Wildman–Crippen LogP) is 3.86. The van der Waals surface area contributed by atoms with Gasteiger partial charge in [0.15, 0.2) is 0 Å². The largest absolute Gasteiger partial charge is 0.467 e. The highest BCUT2D eigenvalue weighted by Crippen LogP contribution is 2.31. The summed E-state index contributed by atoms with van der Waals surface area (Å²) in [6.45, 7) is 6.21. The van der Waals surface area contributed by atoms with E-state index in [0.717, 1.165) is 16.8 Å². The smallest absolute Gasteiger partial charge is 0.340 e. The Balaban J connectivity index is 1.94. The fraction of sp³-hybridized carbons (Fsp3) is 0.273. The first-order chi connectivity index (χ1) is 13.5. The molecule has 2 heterocycles. The number of furan rings is 1. The number of carbonyl (C=O) groups is 2. The zero-order valence-electron chi connectivity index (χ0n) is 16.3. The summed E-state index contributed by atoms with van der Waals surface area (Å²) in [5, 5.41) is 2.85. The van der Waals surface area contributed by atoms with Crippen LogP contribution in [-0.2, 0) is 22.6 Å². The van der Waals surface area contributed by atoms with Crippen molar-refractivity contribution in [1.29, 1.82) is 0 Å². The number of ether oxygens (including phenoxy) is 1. The molecule has 0 saturated carbocycles. The van der Waals surface area contributed by atoms with Crippen molar-refractivity contribution >= 4 is 11.9 Å². The van der Waals surface area contributed by atoms with Gasteiger partial charge in [0.2, 0.25) is 5.91 Å². The molecule has 1 aromatic carbocycles. The molecule has 0 saturated heterocycles. The first-order valence-corrected chi connectivity index (χ1v) is 9.24. The molecule has 1 amide bonds. The number of aromatic nitrogens is 1. The molecule has 0 aliphatic carbocycles. The monoisotopic (exact) mass is 380 g/mol. The fourth-order valence-corrected chi connectivity index (χ4v) is 3.36. The van der Waals surface area contributed by atoms with E-state index in [4.69, 9.17) is 9.15 Å². The summed E-state index contributed by atoms with van der Waals surface area (Å²) in [7, 11) is 0. The second-order valence-corrected chi connectivity index (χ2v) is 6.46. The number of hydrogen-bond acceptors (Lipinski definition) is 4. The number of nitrogens with zero attached hydrogens (tertiary/aromatic N) is 1. The van der Waals surface area contributed by atoms with Crippen LogP contribution >= 0.6 is 0 Å². The average molecular weight is 380 g/mol. The van der Waals surface area contributed by atoms with Gasteiger partial charge in [0.05, 0.1) is 30.7 Å². The van der Waals surface area contributed by atoms with E-state index in [-0.39, 0.29) is 18.4 Å². The van der Waals surface area contributed by atoms with Gasteiger partial charge in [-0.1, -0.05) is 30.3 Å². The summed E-state index contributed by atoms with van der Waals surface area (Å²) < 4.78 is 12.3. The van der Waals surface area contributed by atoms with Gasteiger partial charge in [0, 0.05) is 5.69 Å². The van der Waals surface area contributed by atoms with Crippen molar-refractivity contribution in [3.05, 3.63) is 71.3 Å². The van der Waals surface area contributed by atoms with Gasteiger partial charge in [-0.05, 0) is 44.0 Å². The molecule has 6 nitrogen and oxygen atoms in total. The molecule has 3 rings (SSSR count). The van der Waals surface area contributed by atoms with E-state index >= 15 is 0 Å². The summed E-state index contributed by atoms with van der Waals surface area (Å²) in [5.74, 6) is 0.149. The molecule has 0 unspecified atom stereocenters. The number of esters is 1. The number of carbonyl (C=O) groups excluding carboxylic acids is 2. The third-order valence-corrected chi connectivity index (χ3v) is 4.64. The van der Waals surface area contributed by atoms with Crippen LogP contribution in [-0.4, -0.2) is 23.1 Å². The lowest BCUT2D eigenvalue weighted by atomic mass is 10.1. The van der Waals surface area contributed by atoms with E-state index in [9.17, 15) is 9.59 Å². The number of rotatable bonds is 7. The third kappa shape index (κ3) is 4.01. The highest BCUT2D eigenvalue weighted by atomic mass is 16.5. The Kier molecular flexibility index (Phi) is 5.99. The maximum atomic E-state index is 12.6. The summed E-state index contributed by atoms with van der Waals surface area (Å²) >= 11 is 0. The Bertz CT molecular complexity index is 956. The molecule has 0 fully saturated rings. The lowest BCUT2D eigenvalue weighted by Gasteiger charge is -2.12. The Morgan fingerprint density at radius 3 is 2.50 bits per heavy atom. The third-order valence-electron chi connectivity index (χ3n) is 4.64. The van der Waals surface area contributed by atoms with Gasteiger partial charge in [-0.3, -0.25) is 4.79 Å². The molecule has 2 aromatic heterocycles. The van der Waals surface area contributed by atoms with Crippen molar-refractivity contribution in [2.24, 2.45) is 0 Å². The highest BCUT2D eigenvalue weighted by molar-refractivity contribution is 5.95. The summed E-state index contributed by atoms with van der Waals surface area (Å²) in [5.41, 5.74) is 3.82. The molecule has 0 atom stereocenters. The van der Waals surface area contributed by atoms with E-state index in [1.807, 2.05) is 48.7 Å². The molecule has 0 radical (unpaired) electrons. The minimum absolute atomic E-state index is 0.0943. The SMILES string of the molecule is CCOC(=O)c1c(C)c(-c2ccccc2)n(CC(=O)NCc2ccco2)c1C. The molecule has 0 aliphatic heterocycles. The van der Waals surface area contributed by atoms with Gasteiger partial charge in [-0.25, -0.2) is 4.79 Å². The Morgan fingerprint density at radius 1 is 1.11 bits per heavy atom. The molecule has 1 N–H and O–H groups in total. The van der Waals surface area contributed by atoms with E-state index in [1.165, 1.54) is 0 Å². The summed E-state index contributed by atoms with van der Waals surface area (Å²) in [6, 6.07) is 13.3. The van der Waals surface area contributed by atoms with Crippen LogP contribution in [0.5, 0.6) is 0 Å². The summed E-state index contributed by atoms with van der Waals surface area (Å²) in [4.78, 5) is 25.1. The molecule has 3 aromatic rings. The van der Waals surface area contributed by atoms with E-state index in [1.54, 1.807) is 25.3 Å². The normalized spacial score (nSPS) is 10.7. The van der Waals surface area contributed by atoms with Crippen LogP contribution in [0.15, 0.2) is 53.1 Å². The van der Waals surface area contributed by atoms with Crippen molar-refractivity contribution in [2.75, 3.05) is 6.61 Å². The molecule has 6 heteroatoms. The van der Waals surface area contributed by atoms with Gasteiger partial charge < -0.3 is 19.0 Å². The minimum Gasteiger partial charge on any atom is -0.467 e. The van der Waals surface area contributed by atoms with Gasteiger partial charge in [-0.2, -0.15) is 0 Å². The van der Waals surface area contributed by atoms with Gasteiger partial charge in [0.1, 0.15) is 12.3 Å². The first-order valence-electron chi connectivity index (χ1n) is 9.24. The summed E-state index contributed by atoms with van der Waals surface area (Å²) in [6.07, 6.45) is 1.57. The van der Waals surface area contributed by atoms with Crippen LogP contribution in [0, 0.1) is 13.8 Å². The van der Waals surface area contributed by atoms with Crippen LogP contribution in [0.3, 0.4) is 0 Å². The van der Waals surface area contributed by atoms with Crippen LogP contribution in [0.1, 0.15) is 34.3 Å². The van der Waals surface area contributed by atoms with Crippen molar-refractivity contribution in [1.82, 2.24) is 9.88 Å². The second kappa shape index (κ2) is 8.61. The second-order valence-electron chi connectivity index (χ2n) is 6.46. The van der Waals surface area contributed by atoms with E-state index in [2.05, 4.69) is 5.32 Å². The maximum Gasteiger partial charge on any atom is 0.340 e. The molecule has 0 aliphatic rings. The van der Waals surface area contributed by atoms with Crippen LogP contribution in [0.25, 0.3) is 11.3 Å². The lowest BCUT2D eigenvalue weighted by Crippen LogP contribution is -2.27. The van der Waals surface area contributed by atoms with E-state index < -0.39 is 0 Å². The molecule has 28 heavy (non-hydrogen) atoms. The van der Waals surface area contributed by atoms with Crippen LogP contribution in [0.4, 0.5) is 0 Å². The standard InChI is InChI=1S/C22H24N2O4/c1-4-27-22(26)20-15(2)21(17-9-6-5-7-10-17)24(16(20)3)14-19(25)23-13-18-11-8-12-28-18/h5-12H,4,13-14H2,1-3H3,(H,23,25). The quantitative estimate of drug-likeness (QED) is 0.632. The predicted molar refractivity (Wildman–Crippen MR) is 106 cm³/mol. The van der Waals surface area contributed by atoms with Crippen LogP contribution < -0.4 is 5.32 Å². The van der Waals surface area contributed by atoms with Crippen molar-refractivity contribution in [3.8, 4) is 11.3 Å². The van der Waals surface area contributed by atoms with Crippen molar-refractivity contribution in [3.63, 3.8) is 0 Å². The molecular weight excluding hydrogens is 356 g/mol. The number of hydrogen-bond donors (Lipinski definition) is 1. The topological polar surface area (TPSA) is 73.5 Å². The number of amides is 1.